The average molecular weight is 1140 g/mol. The Kier molecular flexibility index (Phi) is 64.9. The second-order valence-corrected chi connectivity index (χ2v) is 21.6. The van der Waals surface area contributed by atoms with Crippen LogP contribution in [-0.2, 0) is 28.6 Å². The Balaban J connectivity index is 4.51. The number of rotatable bonds is 59. The van der Waals surface area contributed by atoms with E-state index in [0.717, 1.165) is 161 Å². The normalized spacial score (nSPS) is 13.2. The fraction of sp³-hybridized carbons (Fsp3) is 0.597. The van der Waals surface area contributed by atoms with Crippen molar-refractivity contribution in [3.8, 4) is 0 Å². The van der Waals surface area contributed by atoms with Crippen molar-refractivity contribution < 1.29 is 28.6 Å². The first-order valence-corrected chi connectivity index (χ1v) is 33.6. The molecule has 0 N–H and O–H groups in total. The lowest BCUT2D eigenvalue weighted by molar-refractivity contribution is -0.167. The van der Waals surface area contributed by atoms with Crippen LogP contribution in [0, 0.1) is 0 Å². The van der Waals surface area contributed by atoms with Gasteiger partial charge in [-0.25, -0.2) is 0 Å². The maximum atomic E-state index is 12.9. The van der Waals surface area contributed by atoms with E-state index in [1.807, 2.05) is 0 Å². The highest BCUT2D eigenvalue weighted by molar-refractivity contribution is 5.71. The number of hydrogen-bond donors (Lipinski definition) is 0. The molecule has 466 valence electrons. The average Bonchev–Trinajstić information content (AvgIpc) is 3.50. The van der Waals surface area contributed by atoms with Gasteiger partial charge in [0.05, 0.1) is 0 Å². The molecule has 0 fully saturated rings. The van der Waals surface area contributed by atoms with Gasteiger partial charge in [0.15, 0.2) is 6.10 Å². The minimum Gasteiger partial charge on any atom is -0.462 e. The van der Waals surface area contributed by atoms with Gasteiger partial charge in [0.2, 0.25) is 0 Å². The van der Waals surface area contributed by atoms with Crippen molar-refractivity contribution in [2.45, 2.75) is 284 Å². The lowest BCUT2D eigenvalue weighted by Gasteiger charge is -2.18. The molecule has 0 aromatic carbocycles. The molecule has 0 aromatic heterocycles. The molecule has 6 heteroatoms. The maximum Gasteiger partial charge on any atom is 0.306 e. The van der Waals surface area contributed by atoms with Gasteiger partial charge in [-0.2, -0.15) is 0 Å². The fourth-order valence-corrected chi connectivity index (χ4v) is 8.71. The van der Waals surface area contributed by atoms with Crippen molar-refractivity contribution in [2.24, 2.45) is 0 Å². The summed E-state index contributed by atoms with van der Waals surface area (Å²) in [6.07, 6.45) is 102. The lowest BCUT2D eigenvalue weighted by atomic mass is 10.1. The number of unbranched alkanes of at least 4 members (excludes halogenated alkanes) is 20. The molecule has 0 bridgehead atoms. The molecule has 0 spiro atoms. The van der Waals surface area contributed by atoms with E-state index in [-0.39, 0.29) is 37.5 Å². The molecule has 0 radical (unpaired) electrons. The Morgan fingerprint density at radius 3 is 0.747 bits per heavy atom. The molecule has 0 aliphatic carbocycles. The molecule has 0 rings (SSSR count). The highest BCUT2D eigenvalue weighted by Gasteiger charge is 2.19. The molecular formula is C77H122O6. The van der Waals surface area contributed by atoms with E-state index in [1.165, 1.54) is 70.6 Å². The molecule has 0 amide bonds. The number of allylic oxidation sites excluding steroid dienone is 28. The van der Waals surface area contributed by atoms with E-state index in [2.05, 4.69) is 191 Å². The number of carbonyl (C=O) groups excluding carboxylic acids is 3. The smallest absolute Gasteiger partial charge is 0.306 e. The summed E-state index contributed by atoms with van der Waals surface area (Å²) in [6.45, 7) is 6.34. The Morgan fingerprint density at radius 1 is 0.253 bits per heavy atom. The summed E-state index contributed by atoms with van der Waals surface area (Å²) in [6, 6.07) is 0. The van der Waals surface area contributed by atoms with Crippen LogP contribution in [0.4, 0.5) is 0 Å². The van der Waals surface area contributed by atoms with E-state index in [4.69, 9.17) is 14.2 Å². The second kappa shape index (κ2) is 69.3. The van der Waals surface area contributed by atoms with Gasteiger partial charge < -0.3 is 14.2 Å². The predicted molar refractivity (Wildman–Crippen MR) is 361 cm³/mol. The number of hydrogen-bond acceptors (Lipinski definition) is 6. The Labute approximate surface area is 511 Å². The van der Waals surface area contributed by atoms with Gasteiger partial charge >= 0.3 is 17.9 Å². The zero-order valence-electron chi connectivity index (χ0n) is 53.4. The Morgan fingerprint density at radius 2 is 0.470 bits per heavy atom. The minimum absolute atomic E-state index is 0.107. The molecule has 1 atom stereocenters. The third-order valence-corrected chi connectivity index (χ3v) is 13.7. The quantitative estimate of drug-likeness (QED) is 0.0261. The van der Waals surface area contributed by atoms with E-state index < -0.39 is 6.10 Å². The van der Waals surface area contributed by atoms with Crippen molar-refractivity contribution in [2.75, 3.05) is 13.2 Å². The van der Waals surface area contributed by atoms with Crippen LogP contribution in [0.1, 0.15) is 278 Å². The van der Waals surface area contributed by atoms with Crippen LogP contribution in [0.25, 0.3) is 0 Å². The zero-order valence-corrected chi connectivity index (χ0v) is 53.4. The van der Waals surface area contributed by atoms with Crippen LogP contribution < -0.4 is 0 Å². The van der Waals surface area contributed by atoms with Gasteiger partial charge in [-0.15, -0.1) is 0 Å². The molecule has 1 unspecified atom stereocenters. The van der Waals surface area contributed by atoms with Crippen molar-refractivity contribution in [3.05, 3.63) is 170 Å². The minimum atomic E-state index is -0.817. The molecule has 0 saturated heterocycles. The van der Waals surface area contributed by atoms with Gasteiger partial charge in [0.1, 0.15) is 13.2 Å². The van der Waals surface area contributed by atoms with Crippen LogP contribution in [0.3, 0.4) is 0 Å². The molecule has 6 nitrogen and oxygen atoms in total. The van der Waals surface area contributed by atoms with Crippen molar-refractivity contribution in [1.29, 1.82) is 0 Å². The summed E-state index contributed by atoms with van der Waals surface area (Å²) in [4.78, 5) is 38.4. The van der Waals surface area contributed by atoms with Crippen LogP contribution >= 0.6 is 0 Å². The van der Waals surface area contributed by atoms with Gasteiger partial charge in [0, 0.05) is 19.3 Å². The van der Waals surface area contributed by atoms with E-state index >= 15 is 0 Å². The van der Waals surface area contributed by atoms with Crippen LogP contribution in [0.5, 0.6) is 0 Å². The number of ether oxygens (including phenoxy) is 3. The summed E-state index contributed by atoms with van der Waals surface area (Å²) in [5.74, 6) is -0.965. The molecule has 83 heavy (non-hydrogen) atoms. The Hall–Kier alpha value is -5.23. The third kappa shape index (κ3) is 67.4. The summed E-state index contributed by atoms with van der Waals surface area (Å²) in [5, 5.41) is 0. The molecule has 0 aliphatic heterocycles. The van der Waals surface area contributed by atoms with Crippen molar-refractivity contribution in [3.63, 3.8) is 0 Å². The Bertz CT molecular complexity index is 1890. The van der Waals surface area contributed by atoms with Gasteiger partial charge in [-0.3, -0.25) is 14.4 Å². The standard InChI is InChI=1S/C77H122O6/c1-4-7-10-13-16-19-22-25-28-31-34-35-36-37-38-39-40-41-44-46-49-52-55-58-61-64-67-70-76(79)82-73-74(83-77(80)71-68-65-62-59-56-53-50-47-43-33-30-27-24-21-18-15-12-9-6-3)72-81-75(78)69-66-63-60-57-54-51-48-45-42-32-29-26-23-20-17-14-11-8-5-2/h7,9-10,12,16-21,25-30,34-35,37-38,40-41,43,46-47,49,53,56,74H,4-6,8,11,13-15,22-24,31-33,36,39,42,44-45,48,50-52,54-55,57-73H2,1-3H3/b10-7-,12-9-,19-16-,20-17-,21-18-,28-25-,29-26-,30-27-,35-34-,38-37-,41-40-,47-43-,49-46-,56-53-. The zero-order chi connectivity index (χ0) is 59.9. The van der Waals surface area contributed by atoms with Gasteiger partial charge in [-0.1, -0.05) is 274 Å². The van der Waals surface area contributed by atoms with Crippen LogP contribution in [-0.4, -0.2) is 37.2 Å². The second-order valence-electron chi connectivity index (χ2n) is 21.6. The van der Waals surface area contributed by atoms with E-state index in [9.17, 15) is 14.4 Å². The van der Waals surface area contributed by atoms with Gasteiger partial charge in [-0.05, 0) is 154 Å². The van der Waals surface area contributed by atoms with Gasteiger partial charge in [0.25, 0.3) is 0 Å². The molecular weight excluding hydrogens is 1020 g/mol. The van der Waals surface area contributed by atoms with Crippen molar-refractivity contribution in [1.82, 2.24) is 0 Å². The highest BCUT2D eigenvalue weighted by atomic mass is 16.6. The summed E-state index contributed by atoms with van der Waals surface area (Å²) < 4.78 is 16.9. The SMILES string of the molecule is CC/C=C\C/C=C\C/C=C\C/C=C\C/C=C\C/C=C\C/C=C\CCCCCCCC(=O)OCC(COC(=O)CCCCCCCCCCC/C=C\C/C=C\CCCCC)OC(=O)CCCCC/C=C\C/C=C\C/C=C\C/C=C\C/C=C\CC. The van der Waals surface area contributed by atoms with E-state index in [1.54, 1.807) is 0 Å². The van der Waals surface area contributed by atoms with Crippen LogP contribution in [0.2, 0.25) is 0 Å². The highest BCUT2D eigenvalue weighted by Crippen LogP contribution is 2.14. The summed E-state index contributed by atoms with van der Waals surface area (Å²) >= 11 is 0. The lowest BCUT2D eigenvalue weighted by Crippen LogP contribution is -2.30. The molecule has 0 saturated carbocycles. The van der Waals surface area contributed by atoms with Crippen LogP contribution in [0.15, 0.2) is 170 Å². The third-order valence-electron chi connectivity index (χ3n) is 13.7. The van der Waals surface area contributed by atoms with E-state index in [0.29, 0.717) is 19.3 Å². The first-order chi connectivity index (χ1) is 41.0. The monoisotopic (exact) mass is 1140 g/mol. The first-order valence-electron chi connectivity index (χ1n) is 33.6. The number of carbonyl (C=O) groups is 3. The molecule has 0 heterocycles. The largest absolute Gasteiger partial charge is 0.462 e. The maximum absolute atomic E-state index is 12.9. The first kappa shape index (κ1) is 77.8. The number of esters is 3. The summed E-state index contributed by atoms with van der Waals surface area (Å²) in [5.41, 5.74) is 0. The molecule has 0 aromatic rings. The molecule has 0 aliphatic rings. The van der Waals surface area contributed by atoms with Crippen molar-refractivity contribution >= 4 is 17.9 Å². The summed E-state index contributed by atoms with van der Waals surface area (Å²) in [7, 11) is 0. The predicted octanol–water partition coefficient (Wildman–Crippen LogP) is 23.4. The fourth-order valence-electron chi connectivity index (χ4n) is 8.71. The topological polar surface area (TPSA) is 78.9 Å².